The number of carbonyl (C=O) groups excluding carboxylic acids is 2. The standard InChI is InChI=1S/C62H117NO5/c1-3-5-7-9-11-13-15-17-19-20-24-27-30-34-38-42-46-50-54-60(65)59(58-64)63-61(66)55-51-47-43-39-35-31-28-25-22-21-23-26-29-33-37-41-45-49-53-57-68-62(67)56-52-48-44-40-36-32-18-16-14-12-10-8-6-4-2/h10,12,16,18,50,54,59-60,64-65H,3-9,11,13-15,17,19-49,51-53,55-58H2,1-2H3,(H,63,66)/b12-10-,18-16-,54-50+. The quantitative estimate of drug-likeness (QED) is 0.0321. The molecule has 6 nitrogen and oxygen atoms in total. The highest BCUT2D eigenvalue weighted by Crippen LogP contribution is 2.17. The van der Waals surface area contributed by atoms with Crippen LogP contribution in [0.15, 0.2) is 36.5 Å². The van der Waals surface area contributed by atoms with Crippen molar-refractivity contribution in [1.29, 1.82) is 0 Å². The Balaban J connectivity index is 3.44. The molecule has 0 saturated carbocycles. The summed E-state index contributed by atoms with van der Waals surface area (Å²) in [7, 11) is 0. The zero-order valence-electron chi connectivity index (χ0n) is 45.6. The molecule has 2 atom stereocenters. The summed E-state index contributed by atoms with van der Waals surface area (Å²) in [6.45, 7) is 4.87. The van der Waals surface area contributed by atoms with Crippen LogP contribution in [-0.2, 0) is 14.3 Å². The second kappa shape index (κ2) is 57.7. The Morgan fingerprint density at radius 1 is 0.412 bits per heavy atom. The lowest BCUT2D eigenvalue weighted by Gasteiger charge is -2.20. The number of ether oxygens (including phenoxy) is 1. The first-order chi connectivity index (χ1) is 33.5. The molecule has 0 saturated heterocycles. The molecular formula is C62H117NO5. The van der Waals surface area contributed by atoms with Gasteiger partial charge in [-0.25, -0.2) is 0 Å². The number of esters is 1. The molecule has 0 fully saturated rings. The van der Waals surface area contributed by atoms with Crippen molar-refractivity contribution in [2.24, 2.45) is 0 Å². The topological polar surface area (TPSA) is 95.9 Å². The van der Waals surface area contributed by atoms with Crippen LogP contribution in [0.25, 0.3) is 0 Å². The highest BCUT2D eigenvalue weighted by Gasteiger charge is 2.18. The summed E-state index contributed by atoms with van der Waals surface area (Å²) in [5.41, 5.74) is 0. The SMILES string of the molecule is CCCC/C=C\C/C=C\CCCCCCCC(=O)OCCCCCCCCCCCCCCCCCCCCCC(=O)NC(CO)C(O)/C=C/CCCCCCCCCCCCCCCCCC. The summed E-state index contributed by atoms with van der Waals surface area (Å²) >= 11 is 0. The van der Waals surface area contributed by atoms with Crippen LogP contribution in [0.2, 0.25) is 0 Å². The van der Waals surface area contributed by atoms with Gasteiger partial charge in [0.25, 0.3) is 0 Å². The number of nitrogens with one attached hydrogen (secondary N) is 1. The van der Waals surface area contributed by atoms with Crippen LogP contribution in [0.5, 0.6) is 0 Å². The van der Waals surface area contributed by atoms with E-state index in [1.165, 1.54) is 244 Å². The Hall–Kier alpha value is -1.92. The van der Waals surface area contributed by atoms with E-state index in [0.717, 1.165) is 51.4 Å². The third-order valence-corrected chi connectivity index (χ3v) is 13.9. The molecule has 0 aliphatic heterocycles. The number of hydrogen-bond acceptors (Lipinski definition) is 5. The number of amides is 1. The molecule has 0 radical (unpaired) electrons. The number of allylic oxidation sites excluding steroid dienone is 5. The second-order valence-corrected chi connectivity index (χ2v) is 20.7. The number of aliphatic hydroxyl groups is 2. The minimum atomic E-state index is -0.847. The van der Waals surface area contributed by atoms with Crippen molar-refractivity contribution in [2.75, 3.05) is 13.2 Å². The van der Waals surface area contributed by atoms with E-state index >= 15 is 0 Å². The first-order valence-corrected chi connectivity index (χ1v) is 30.3. The summed E-state index contributed by atoms with van der Waals surface area (Å²) in [5, 5.41) is 23.2. The van der Waals surface area contributed by atoms with Crippen molar-refractivity contribution in [3.8, 4) is 0 Å². The van der Waals surface area contributed by atoms with Crippen molar-refractivity contribution >= 4 is 11.9 Å². The van der Waals surface area contributed by atoms with Gasteiger partial charge in [0.15, 0.2) is 0 Å². The van der Waals surface area contributed by atoms with Gasteiger partial charge in [-0.1, -0.05) is 288 Å². The van der Waals surface area contributed by atoms with E-state index in [2.05, 4.69) is 43.5 Å². The van der Waals surface area contributed by atoms with Gasteiger partial charge in [-0.2, -0.15) is 0 Å². The predicted molar refractivity (Wildman–Crippen MR) is 296 cm³/mol. The fourth-order valence-electron chi connectivity index (χ4n) is 9.24. The maximum atomic E-state index is 12.5. The molecule has 0 rings (SSSR count). The third-order valence-electron chi connectivity index (χ3n) is 13.9. The van der Waals surface area contributed by atoms with E-state index in [-0.39, 0.29) is 18.5 Å². The molecule has 6 heteroatoms. The van der Waals surface area contributed by atoms with Crippen molar-refractivity contribution < 1.29 is 24.5 Å². The van der Waals surface area contributed by atoms with Gasteiger partial charge in [0.1, 0.15) is 0 Å². The smallest absolute Gasteiger partial charge is 0.305 e. The lowest BCUT2D eigenvalue weighted by Crippen LogP contribution is -2.45. The molecule has 0 aliphatic carbocycles. The minimum absolute atomic E-state index is 0.00628. The fourth-order valence-corrected chi connectivity index (χ4v) is 9.24. The Morgan fingerprint density at radius 3 is 1.16 bits per heavy atom. The number of unbranched alkanes of at least 4 members (excludes halogenated alkanes) is 41. The third kappa shape index (κ3) is 53.4. The summed E-state index contributed by atoms with van der Waals surface area (Å²) in [6, 6.07) is -0.631. The van der Waals surface area contributed by atoms with Crippen molar-refractivity contribution in [3.63, 3.8) is 0 Å². The molecule has 0 aliphatic rings. The zero-order valence-corrected chi connectivity index (χ0v) is 45.6. The van der Waals surface area contributed by atoms with E-state index in [4.69, 9.17) is 4.74 Å². The minimum Gasteiger partial charge on any atom is -0.466 e. The first-order valence-electron chi connectivity index (χ1n) is 30.3. The monoisotopic (exact) mass is 956 g/mol. The van der Waals surface area contributed by atoms with Gasteiger partial charge in [-0.05, 0) is 57.8 Å². The lowest BCUT2D eigenvalue weighted by atomic mass is 10.0. The summed E-state index contributed by atoms with van der Waals surface area (Å²) in [5.74, 6) is -0.0756. The molecule has 68 heavy (non-hydrogen) atoms. The number of rotatable bonds is 56. The molecule has 0 heterocycles. The van der Waals surface area contributed by atoms with Crippen molar-refractivity contribution in [3.05, 3.63) is 36.5 Å². The maximum Gasteiger partial charge on any atom is 0.305 e. The molecule has 0 aromatic carbocycles. The summed E-state index contributed by atoms with van der Waals surface area (Å²) in [4.78, 5) is 24.5. The molecule has 0 bridgehead atoms. The van der Waals surface area contributed by atoms with Gasteiger partial charge >= 0.3 is 5.97 Å². The average molecular weight is 957 g/mol. The molecular weight excluding hydrogens is 839 g/mol. The van der Waals surface area contributed by atoms with Crippen LogP contribution in [0.1, 0.15) is 322 Å². The van der Waals surface area contributed by atoms with E-state index in [9.17, 15) is 19.8 Å². The van der Waals surface area contributed by atoms with Crippen LogP contribution in [0, 0.1) is 0 Å². The summed E-state index contributed by atoms with van der Waals surface area (Å²) in [6.07, 6.45) is 71.7. The lowest BCUT2D eigenvalue weighted by molar-refractivity contribution is -0.143. The fraction of sp³-hybridized carbons (Fsp3) is 0.871. The maximum absolute atomic E-state index is 12.5. The molecule has 3 N–H and O–H groups in total. The Labute approximate surface area is 424 Å². The molecule has 2 unspecified atom stereocenters. The Kier molecular flexibility index (Phi) is 56.0. The van der Waals surface area contributed by atoms with Gasteiger partial charge in [-0.3, -0.25) is 9.59 Å². The molecule has 0 aromatic rings. The van der Waals surface area contributed by atoms with E-state index in [0.29, 0.717) is 19.4 Å². The molecule has 0 aromatic heterocycles. The van der Waals surface area contributed by atoms with Gasteiger partial charge in [0.2, 0.25) is 5.91 Å². The largest absolute Gasteiger partial charge is 0.466 e. The van der Waals surface area contributed by atoms with Crippen LogP contribution in [0.4, 0.5) is 0 Å². The highest BCUT2D eigenvalue weighted by molar-refractivity contribution is 5.76. The highest BCUT2D eigenvalue weighted by atomic mass is 16.5. The zero-order chi connectivity index (χ0) is 49.3. The normalized spacial score (nSPS) is 12.8. The predicted octanol–water partition coefficient (Wildman–Crippen LogP) is 18.8. The Bertz CT molecular complexity index is 1100. The number of hydrogen-bond donors (Lipinski definition) is 3. The number of aliphatic hydroxyl groups excluding tert-OH is 2. The second-order valence-electron chi connectivity index (χ2n) is 20.7. The molecule has 400 valence electrons. The van der Waals surface area contributed by atoms with Gasteiger partial charge in [-0.15, -0.1) is 0 Å². The van der Waals surface area contributed by atoms with E-state index < -0.39 is 12.1 Å². The van der Waals surface area contributed by atoms with Crippen molar-refractivity contribution in [2.45, 2.75) is 334 Å². The average Bonchev–Trinajstić information content (AvgIpc) is 3.34. The van der Waals surface area contributed by atoms with Gasteiger partial charge in [0, 0.05) is 12.8 Å². The van der Waals surface area contributed by atoms with Crippen LogP contribution in [-0.4, -0.2) is 47.4 Å². The molecule has 1 amide bonds. The summed E-state index contributed by atoms with van der Waals surface area (Å²) < 4.78 is 5.47. The Morgan fingerprint density at radius 2 is 0.750 bits per heavy atom. The molecule has 0 spiro atoms. The van der Waals surface area contributed by atoms with E-state index in [1.807, 2.05) is 6.08 Å². The van der Waals surface area contributed by atoms with Crippen LogP contribution >= 0.6 is 0 Å². The first kappa shape index (κ1) is 66.1. The van der Waals surface area contributed by atoms with Gasteiger partial charge < -0.3 is 20.3 Å². The van der Waals surface area contributed by atoms with Crippen molar-refractivity contribution in [1.82, 2.24) is 5.32 Å². The van der Waals surface area contributed by atoms with Crippen LogP contribution in [0.3, 0.4) is 0 Å². The number of carbonyl (C=O) groups is 2. The van der Waals surface area contributed by atoms with E-state index in [1.54, 1.807) is 6.08 Å². The van der Waals surface area contributed by atoms with Gasteiger partial charge in [0.05, 0.1) is 25.4 Å². The van der Waals surface area contributed by atoms with Crippen LogP contribution < -0.4 is 5.32 Å².